The van der Waals surface area contributed by atoms with Crippen molar-refractivity contribution in [3.05, 3.63) is 33.3 Å². The van der Waals surface area contributed by atoms with Gasteiger partial charge in [-0.15, -0.1) is 0 Å². The number of halogens is 2. The molecule has 0 aliphatic heterocycles. The third-order valence-electron chi connectivity index (χ3n) is 2.40. The van der Waals surface area contributed by atoms with Gasteiger partial charge in [-0.2, -0.15) is 11.8 Å². The number of benzene rings is 1. The minimum absolute atomic E-state index is 0.367. The van der Waals surface area contributed by atoms with E-state index in [0.29, 0.717) is 27.2 Å². The first-order valence-corrected chi connectivity index (χ1v) is 8.00. The monoisotopic (exact) mass is 365 g/mol. The van der Waals surface area contributed by atoms with Gasteiger partial charge in [-0.3, -0.25) is 4.79 Å². The number of carboxylic acids is 1. The van der Waals surface area contributed by atoms with E-state index >= 15 is 0 Å². The van der Waals surface area contributed by atoms with E-state index in [1.807, 2.05) is 6.26 Å². The van der Waals surface area contributed by atoms with Gasteiger partial charge in [0.1, 0.15) is 6.04 Å². The third-order valence-corrected chi connectivity index (χ3v) is 4.25. The summed E-state index contributed by atoms with van der Waals surface area (Å²) < 4.78 is 0.595. The van der Waals surface area contributed by atoms with Crippen LogP contribution in [-0.4, -0.2) is 35.0 Å². The molecule has 19 heavy (non-hydrogen) atoms. The second kappa shape index (κ2) is 7.77. The molecule has 0 saturated heterocycles. The average molecular weight is 367 g/mol. The zero-order valence-corrected chi connectivity index (χ0v) is 13.3. The van der Waals surface area contributed by atoms with Crippen LogP contribution in [0, 0.1) is 0 Å². The van der Waals surface area contributed by atoms with Gasteiger partial charge in [-0.1, -0.05) is 11.6 Å². The quantitative estimate of drug-likeness (QED) is 0.812. The fraction of sp³-hybridized carbons (Fsp3) is 0.333. The number of amides is 1. The van der Waals surface area contributed by atoms with Crippen LogP contribution in [-0.2, 0) is 4.79 Å². The highest BCUT2D eigenvalue weighted by Gasteiger charge is 2.20. The summed E-state index contributed by atoms with van der Waals surface area (Å²) in [7, 11) is 0. The van der Waals surface area contributed by atoms with E-state index < -0.39 is 17.9 Å². The summed E-state index contributed by atoms with van der Waals surface area (Å²) in [6.45, 7) is 0. The molecule has 0 saturated carbocycles. The first-order chi connectivity index (χ1) is 8.95. The first-order valence-electron chi connectivity index (χ1n) is 5.43. The van der Waals surface area contributed by atoms with Crippen LogP contribution >= 0.6 is 39.3 Å². The number of thioether (sulfide) groups is 1. The van der Waals surface area contributed by atoms with Crippen LogP contribution in [0.25, 0.3) is 0 Å². The summed E-state index contributed by atoms with van der Waals surface area (Å²) in [6.07, 6.45) is 2.27. The molecule has 0 aliphatic carbocycles. The molecule has 4 nitrogen and oxygen atoms in total. The molecule has 0 radical (unpaired) electrons. The number of rotatable bonds is 6. The van der Waals surface area contributed by atoms with Gasteiger partial charge in [-0.25, -0.2) is 4.79 Å². The lowest BCUT2D eigenvalue weighted by Gasteiger charge is -2.14. The van der Waals surface area contributed by atoms with Crippen molar-refractivity contribution in [1.29, 1.82) is 0 Å². The molecule has 0 aliphatic rings. The van der Waals surface area contributed by atoms with Gasteiger partial charge in [0.25, 0.3) is 5.91 Å². The summed E-state index contributed by atoms with van der Waals surface area (Å²) >= 11 is 10.6. The minimum Gasteiger partial charge on any atom is -0.480 e. The molecule has 0 aromatic heterocycles. The Morgan fingerprint density at radius 3 is 2.74 bits per heavy atom. The lowest BCUT2D eigenvalue weighted by Crippen LogP contribution is -2.41. The van der Waals surface area contributed by atoms with Crippen LogP contribution in [0.15, 0.2) is 22.7 Å². The lowest BCUT2D eigenvalue weighted by molar-refractivity contribution is -0.139. The van der Waals surface area contributed by atoms with E-state index in [1.54, 1.807) is 18.2 Å². The zero-order valence-electron chi connectivity index (χ0n) is 10.2. The Morgan fingerprint density at radius 1 is 1.53 bits per heavy atom. The first kappa shape index (κ1) is 16.3. The molecule has 7 heteroatoms. The van der Waals surface area contributed by atoms with Crippen LogP contribution in [0.5, 0.6) is 0 Å². The van der Waals surface area contributed by atoms with Crippen molar-refractivity contribution in [2.75, 3.05) is 12.0 Å². The van der Waals surface area contributed by atoms with Gasteiger partial charge in [0.2, 0.25) is 0 Å². The lowest BCUT2D eigenvalue weighted by atomic mass is 10.1. The molecule has 1 rings (SSSR count). The minimum atomic E-state index is -1.03. The van der Waals surface area contributed by atoms with Crippen molar-refractivity contribution in [2.24, 2.45) is 0 Å². The maximum absolute atomic E-state index is 11.9. The van der Waals surface area contributed by atoms with Gasteiger partial charge >= 0.3 is 5.97 Å². The van der Waals surface area contributed by atoms with Gasteiger partial charge in [0.05, 0.1) is 5.02 Å². The molecule has 0 bridgehead atoms. The zero-order chi connectivity index (χ0) is 14.4. The Bertz CT molecular complexity index is 484. The van der Waals surface area contributed by atoms with Crippen molar-refractivity contribution < 1.29 is 14.7 Å². The van der Waals surface area contributed by atoms with Crippen LogP contribution in [0.4, 0.5) is 0 Å². The number of carbonyl (C=O) groups is 2. The number of hydrogen-bond donors (Lipinski definition) is 2. The number of carboxylic acid groups (broad SMARTS) is 1. The summed E-state index contributed by atoms with van der Waals surface area (Å²) in [5.74, 6) is -0.789. The molecule has 1 aromatic carbocycles. The van der Waals surface area contributed by atoms with E-state index in [-0.39, 0.29) is 0 Å². The van der Waals surface area contributed by atoms with Crippen LogP contribution in [0.3, 0.4) is 0 Å². The standard InChI is InChI=1S/C12H13BrClNO3S/c1-19-5-4-10(12(17)18)15-11(16)7-2-3-9(14)8(13)6-7/h2-3,6,10H,4-5H2,1H3,(H,15,16)(H,17,18)/t10-/m1/s1. The molecule has 1 aromatic rings. The Hall–Kier alpha value is -0.720. The molecule has 0 unspecified atom stereocenters. The number of carbonyl (C=O) groups excluding carboxylic acids is 1. The maximum atomic E-state index is 11.9. The number of nitrogens with one attached hydrogen (secondary N) is 1. The van der Waals surface area contributed by atoms with E-state index in [9.17, 15) is 9.59 Å². The fourth-order valence-corrected chi connectivity index (χ4v) is 2.34. The predicted molar refractivity (Wildman–Crippen MR) is 81.0 cm³/mol. The molecule has 0 spiro atoms. The topological polar surface area (TPSA) is 66.4 Å². The highest BCUT2D eigenvalue weighted by atomic mass is 79.9. The molecular weight excluding hydrogens is 354 g/mol. The largest absolute Gasteiger partial charge is 0.480 e. The Balaban J connectivity index is 2.75. The van der Waals surface area contributed by atoms with Gasteiger partial charge in [0, 0.05) is 10.0 Å². The Kier molecular flexibility index (Phi) is 6.68. The van der Waals surface area contributed by atoms with Crippen molar-refractivity contribution in [1.82, 2.24) is 5.32 Å². The van der Waals surface area contributed by atoms with Gasteiger partial charge in [-0.05, 0) is 52.6 Å². The van der Waals surface area contributed by atoms with Crippen LogP contribution in [0.2, 0.25) is 5.02 Å². The Labute approximate surface area is 129 Å². The second-order valence-electron chi connectivity index (χ2n) is 3.77. The smallest absolute Gasteiger partial charge is 0.326 e. The Morgan fingerprint density at radius 2 is 2.21 bits per heavy atom. The summed E-state index contributed by atoms with van der Waals surface area (Å²) in [5.41, 5.74) is 0.367. The third kappa shape index (κ3) is 5.04. The second-order valence-corrected chi connectivity index (χ2v) is 6.02. The highest BCUT2D eigenvalue weighted by Crippen LogP contribution is 2.23. The molecular formula is C12H13BrClNO3S. The van der Waals surface area contributed by atoms with Crippen molar-refractivity contribution >= 4 is 51.2 Å². The van der Waals surface area contributed by atoms with E-state index in [1.165, 1.54) is 11.8 Å². The summed E-state index contributed by atoms with van der Waals surface area (Å²) in [5, 5.41) is 12.0. The van der Waals surface area contributed by atoms with E-state index in [4.69, 9.17) is 16.7 Å². The van der Waals surface area contributed by atoms with Crippen molar-refractivity contribution in [3.8, 4) is 0 Å². The van der Waals surface area contributed by atoms with Crippen molar-refractivity contribution in [3.63, 3.8) is 0 Å². The molecule has 0 fully saturated rings. The average Bonchev–Trinajstić information content (AvgIpc) is 2.37. The predicted octanol–water partition coefficient (Wildman–Crippen LogP) is 3.04. The fourth-order valence-electron chi connectivity index (χ4n) is 1.37. The molecule has 0 heterocycles. The molecule has 2 N–H and O–H groups in total. The normalized spacial score (nSPS) is 11.9. The summed E-state index contributed by atoms with van der Waals surface area (Å²) in [4.78, 5) is 23.0. The molecule has 1 atom stereocenters. The van der Waals surface area contributed by atoms with Crippen LogP contribution < -0.4 is 5.32 Å². The van der Waals surface area contributed by atoms with Crippen molar-refractivity contribution in [2.45, 2.75) is 12.5 Å². The highest BCUT2D eigenvalue weighted by molar-refractivity contribution is 9.10. The number of aliphatic carboxylic acids is 1. The van der Waals surface area contributed by atoms with E-state index in [0.717, 1.165) is 0 Å². The number of hydrogen-bond acceptors (Lipinski definition) is 3. The molecule has 1 amide bonds. The SMILES string of the molecule is CSCC[C@@H](NC(=O)c1ccc(Cl)c(Br)c1)C(=O)O. The maximum Gasteiger partial charge on any atom is 0.326 e. The van der Waals surface area contributed by atoms with E-state index in [2.05, 4.69) is 21.2 Å². The summed E-state index contributed by atoms with van der Waals surface area (Å²) in [6, 6.07) is 3.81. The van der Waals surface area contributed by atoms with Crippen LogP contribution in [0.1, 0.15) is 16.8 Å². The van der Waals surface area contributed by atoms with Gasteiger partial charge < -0.3 is 10.4 Å². The molecule has 104 valence electrons. The van der Waals surface area contributed by atoms with Gasteiger partial charge in [0.15, 0.2) is 0 Å².